The summed E-state index contributed by atoms with van der Waals surface area (Å²) in [5, 5.41) is 4.72. The van der Waals surface area contributed by atoms with Crippen molar-refractivity contribution in [3.63, 3.8) is 0 Å². The fourth-order valence-corrected chi connectivity index (χ4v) is 3.89. The van der Waals surface area contributed by atoms with E-state index in [0.29, 0.717) is 15.7 Å². The highest BCUT2D eigenvalue weighted by atomic mass is 79.9. The second kappa shape index (κ2) is 6.87. The summed E-state index contributed by atoms with van der Waals surface area (Å²) in [5.74, 6) is -0.117. The number of anilines is 1. The van der Waals surface area contributed by atoms with E-state index in [1.54, 1.807) is 24.3 Å². The van der Waals surface area contributed by atoms with Crippen molar-refractivity contribution in [3.05, 3.63) is 68.7 Å². The van der Waals surface area contributed by atoms with Crippen LogP contribution in [0.25, 0.3) is 22.2 Å². The molecule has 0 spiro atoms. The van der Waals surface area contributed by atoms with E-state index >= 15 is 0 Å². The summed E-state index contributed by atoms with van der Waals surface area (Å²) in [6, 6.07) is 14.8. The van der Waals surface area contributed by atoms with Crippen LogP contribution in [0.4, 0.5) is 5.13 Å². The number of nitrogens with zero attached hydrogens (tertiary/aromatic N) is 1. The van der Waals surface area contributed by atoms with E-state index in [0.717, 1.165) is 26.0 Å². The van der Waals surface area contributed by atoms with Crippen molar-refractivity contribution in [2.45, 2.75) is 6.92 Å². The lowest BCUT2D eigenvalue weighted by Crippen LogP contribution is -2.10. The summed E-state index contributed by atoms with van der Waals surface area (Å²) in [6.07, 6.45) is 0. The average molecular weight is 448 g/mol. The highest BCUT2D eigenvalue weighted by Crippen LogP contribution is 2.31. The molecule has 7 heteroatoms. The SMILES string of the molecule is Cc1sc(NC(=O)c2cc3cc(Cl)ccc3o2)nc1-c1ccc(Br)cc1. The first-order valence-corrected chi connectivity index (χ1v) is 9.72. The molecule has 4 rings (SSSR count). The van der Waals surface area contributed by atoms with Gasteiger partial charge in [0.15, 0.2) is 10.9 Å². The van der Waals surface area contributed by atoms with Crippen molar-refractivity contribution in [1.82, 2.24) is 4.98 Å². The number of carbonyl (C=O) groups excluding carboxylic acids is 1. The van der Waals surface area contributed by atoms with Gasteiger partial charge in [-0.2, -0.15) is 0 Å². The fraction of sp³-hybridized carbons (Fsp3) is 0.0526. The van der Waals surface area contributed by atoms with Crippen LogP contribution in [0.3, 0.4) is 0 Å². The molecule has 4 aromatic rings. The smallest absolute Gasteiger partial charge is 0.293 e. The molecule has 0 aliphatic carbocycles. The third kappa shape index (κ3) is 3.40. The number of carbonyl (C=O) groups is 1. The molecule has 0 unspecified atom stereocenters. The van der Waals surface area contributed by atoms with Gasteiger partial charge in [0.05, 0.1) is 5.69 Å². The van der Waals surface area contributed by atoms with Gasteiger partial charge in [-0.3, -0.25) is 10.1 Å². The molecule has 0 aliphatic rings. The zero-order chi connectivity index (χ0) is 18.3. The predicted octanol–water partition coefficient (Wildman–Crippen LogP) is 6.53. The third-order valence-corrected chi connectivity index (χ3v) is 5.49. The fourth-order valence-electron chi connectivity index (χ4n) is 2.61. The second-order valence-corrected chi connectivity index (χ2v) is 8.23. The summed E-state index contributed by atoms with van der Waals surface area (Å²) in [6.45, 7) is 1.98. The van der Waals surface area contributed by atoms with Gasteiger partial charge in [0.25, 0.3) is 5.91 Å². The molecule has 0 aliphatic heterocycles. The zero-order valence-electron chi connectivity index (χ0n) is 13.5. The van der Waals surface area contributed by atoms with Crippen LogP contribution < -0.4 is 5.32 Å². The van der Waals surface area contributed by atoms with Gasteiger partial charge in [-0.05, 0) is 43.3 Å². The molecule has 0 saturated carbocycles. The number of halogens is 2. The molecule has 1 N–H and O–H groups in total. The van der Waals surface area contributed by atoms with E-state index in [4.69, 9.17) is 16.0 Å². The van der Waals surface area contributed by atoms with Gasteiger partial charge in [0, 0.05) is 25.3 Å². The normalized spacial score (nSPS) is 11.0. The Morgan fingerprint density at radius 2 is 1.96 bits per heavy atom. The second-order valence-electron chi connectivity index (χ2n) is 5.68. The van der Waals surface area contributed by atoms with E-state index in [2.05, 4.69) is 26.2 Å². The summed E-state index contributed by atoms with van der Waals surface area (Å²) in [4.78, 5) is 18.1. The van der Waals surface area contributed by atoms with Crippen LogP contribution in [0.15, 0.2) is 57.4 Å². The van der Waals surface area contributed by atoms with Gasteiger partial charge in [-0.15, -0.1) is 11.3 Å². The molecular weight excluding hydrogens is 436 g/mol. The minimum atomic E-state index is -0.339. The van der Waals surface area contributed by atoms with Gasteiger partial charge in [0.2, 0.25) is 0 Å². The van der Waals surface area contributed by atoms with Gasteiger partial charge in [-0.1, -0.05) is 39.7 Å². The third-order valence-electron chi connectivity index (χ3n) is 3.84. The van der Waals surface area contributed by atoms with Crippen LogP contribution >= 0.6 is 38.9 Å². The summed E-state index contributed by atoms with van der Waals surface area (Å²) in [7, 11) is 0. The molecule has 0 saturated heterocycles. The number of furan rings is 1. The molecule has 1 amide bonds. The number of rotatable bonds is 3. The van der Waals surface area contributed by atoms with Gasteiger partial charge in [-0.25, -0.2) is 4.98 Å². The Labute approximate surface area is 166 Å². The highest BCUT2D eigenvalue weighted by Gasteiger charge is 2.16. The Morgan fingerprint density at radius 3 is 2.73 bits per heavy atom. The van der Waals surface area contributed by atoms with Crippen LogP contribution in [0, 0.1) is 6.92 Å². The first-order valence-electron chi connectivity index (χ1n) is 7.73. The Morgan fingerprint density at radius 1 is 1.19 bits per heavy atom. The summed E-state index contributed by atoms with van der Waals surface area (Å²) >= 11 is 10.8. The standard InChI is InChI=1S/C19H12BrClN2O2S/c1-10-17(11-2-4-13(20)5-3-11)22-19(26-10)23-18(24)16-9-12-8-14(21)6-7-15(12)25-16/h2-9H,1H3,(H,22,23,24). The number of hydrogen-bond donors (Lipinski definition) is 1. The molecule has 26 heavy (non-hydrogen) atoms. The average Bonchev–Trinajstić information content (AvgIpc) is 3.18. The van der Waals surface area contributed by atoms with Crippen molar-refractivity contribution >= 4 is 60.9 Å². The maximum Gasteiger partial charge on any atom is 0.293 e. The lowest BCUT2D eigenvalue weighted by Gasteiger charge is -1.99. The number of nitrogens with one attached hydrogen (secondary N) is 1. The van der Waals surface area contributed by atoms with Gasteiger partial charge < -0.3 is 4.42 Å². The molecule has 2 aromatic heterocycles. The van der Waals surface area contributed by atoms with Crippen molar-refractivity contribution in [2.24, 2.45) is 0 Å². The van der Waals surface area contributed by atoms with E-state index in [9.17, 15) is 4.79 Å². The van der Waals surface area contributed by atoms with Crippen LogP contribution in [0.1, 0.15) is 15.4 Å². The van der Waals surface area contributed by atoms with E-state index in [1.165, 1.54) is 11.3 Å². The highest BCUT2D eigenvalue weighted by molar-refractivity contribution is 9.10. The number of aryl methyl sites for hydroxylation is 1. The van der Waals surface area contributed by atoms with Crippen molar-refractivity contribution in [3.8, 4) is 11.3 Å². The summed E-state index contributed by atoms with van der Waals surface area (Å²) in [5.41, 5.74) is 2.47. The Balaban J connectivity index is 1.59. The first-order chi connectivity index (χ1) is 12.5. The molecule has 0 atom stereocenters. The van der Waals surface area contributed by atoms with Gasteiger partial charge in [0.1, 0.15) is 5.58 Å². The Hall–Kier alpha value is -2.15. The van der Waals surface area contributed by atoms with E-state index in [-0.39, 0.29) is 11.7 Å². The molecule has 4 nitrogen and oxygen atoms in total. The topological polar surface area (TPSA) is 55.1 Å². The first kappa shape index (κ1) is 17.3. The largest absolute Gasteiger partial charge is 0.451 e. The molecule has 0 fully saturated rings. The van der Waals surface area contributed by atoms with Crippen molar-refractivity contribution in [1.29, 1.82) is 0 Å². The van der Waals surface area contributed by atoms with Crippen molar-refractivity contribution < 1.29 is 9.21 Å². The maximum absolute atomic E-state index is 12.5. The van der Waals surface area contributed by atoms with Crippen LogP contribution in [0.5, 0.6) is 0 Å². The number of amides is 1. The van der Waals surface area contributed by atoms with Crippen LogP contribution in [0.2, 0.25) is 5.02 Å². The molecule has 0 radical (unpaired) electrons. The number of fused-ring (bicyclic) bond motifs is 1. The molecule has 2 aromatic carbocycles. The number of aromatic nitrogens is 1. The lowest BCUT2D eigenvalue weighted by atomic mass is 10.1. The molecule has 130 valence electrons. The predicted molar refractivity (Wildman–Crippen MR) is 109 cm³/mol. The minimum absolute atomic E-state index is 0.223. The van der Waals surface area contributed by atoms with Crippen LogP contribution in [-0.2, 0) is 0 Å². The molecular formula is C19H12BrClN2O2S. The van der Waals surface area contributed by atoms with Crippen LogP contribution in [-0.4, -0.2) is 10.9 Å². The van der Waals surface area contributed by atoms with E-state index < -0.39 is 0 Å². The number of benzene rings is 2. The number of hydrogen-bond acceptors (Lipinski definition) is 4. The minimum Gasteiger partial charge on any atom is -0.451 e. The monoisotopic (exact) mass is 446 g/mol. The zero-order valence-corrected chi connectivity index (χ0v) is 16.7. The van der Waals surface area contributed by atoms with Gasteiger partial charge >= 0.3 is 0 Å². The number of thiazole rings is 1. The Kier molecular flexibility index (Phi) is 4.56. The molecule has 2 heterocycles. The van der Waals surface area contributed by atoms with E-state index in [1.807, 2.05) is 31.2 Å². The molecule has 0 bridgehead atoms. The maximum atomic E-state index is 12.5. The Bertz CT molecular complexity index is 1120. The quantitative estimate of drug-likeness (QED) is 0.388. The lowest BCUT2D eigenvalue weighted by molar-refractivity contribution is 0.0998. The summed E-state index contributed by atoms with van der Waals surface area (Å²) < 4.78 is 6.60. The van der Waals surface area contributed by atoms with Crippen molar-refractivity contribution in [2.75, 3.05) is 5.32 Å².